The SMILES string of the molecule is COC1CCC(C#N)CC1C1CC(C)NCC1C(=O)NC1NC2CN(C(=O)C3NCCCC3C)CC2S1. The highest BCUT2D eigenvalue weighted by Crippen LogP contribution is 2.42. The zero-order valence-corrected chi connectivity index (χ0v) is 23.3. The fraction of sp³-hybridized carbons (Fsp3) is 0.889. The molecule has 0 aromatic heterocycles. The molecule has 10 heteroatoms. The van der Waals surface area contributed by atoms with Gasteiger partial charge in [0.1, 0.15) is 5.50 Å². The second-order valence-corrected chi connectivity index (χ2v) is 13.4. The van der Waals surface area contributed by atoms with Gasteiger partial charge in [-0.15, -0.1) is 11.8 Å². The Labute approximate surface area is 225 Å². The molecule has 5 fully saturated rings. The molecule has 4 aliphatic heterocycles. The van der Waals surface area contributed by atoms with Gasteiger partial charge in [-0.3, -0.25) is 14.9 Å². The van der Waals surface area contributed by atoms with Crippen LogP contribution in [0.1, 0.15) is 52.4 Å². The monoisotopic (exact) mass is 532 g/mol. The van der Waals surface area contributed by atoms with E-state index in [9.17, 15) is 14.9 Å². The Morgan fingerprint density at radius 3 is 2.68 bits per heavy atom. The number of carbonyl (C=O) groups excluding carboxylic acids is 2. The Hall–Kier alpha value is -1.38. The van der Waals surface area contributed by atoms with Crippen LogP contribution in [0.2, 0.25) is 0 Å². The lowest BCUT2D eigenvalue weighted by Crippen LogP contribution is -2.56. The molecule has 0 radical (unpaired) electrons. The third-order valence-corrected chi connectivity index (χ3v) is 11.0. The molecule has 0 bridgehead atoms. The van der Waals surface area contributed by atoms with Crippen molar-refractivity contribution in [1.82, 2.24) is 26.2 Å². The highest BCUT2D eigenvalue weighted by atomic mass is 32.2. The fourth-order valence-electron chi connectivity index (χ4n) is 7.48. The van der Waals surface area contributed by atoms with Gasteiger partial charge in [-0.25, -0.2) is 0 Å². The first-order chi connectivity index (χ1) is 17.9. The first kappa shape index (κ1) is 27.2. The van der Waals surface area contributed by atoms with Gasteiger partial charge in [-0.2, -0.15) is 5.26 Å². The molecule has 11 unspecified atom stereocenters. The van der Waals surface area contributed by atoms with Gasteiger partial charge in [-0.05, 0) is 69.7 Å². The number of ether oxygens (including phenoxy) is 1. The molecule has 1 aliphatic carbocycles. The quantitative estimate of drug-likeness (QED) is 0.418. The Morgan fingerprint density at radius 1 is 1.11 bits per heavy atom. The van der Waals surface area contributed by atoms with Crippen LogP contribution in [-0.2, 0) is 14.3 Å². The number of methoxy groups -OCH3 is 1. The number of nitrogens with one attached hydrogen (secondary N) is 4. The zero-order chi connectivity index (χ0) is 26.1. The molecule has 0 aromatic carbocycles. The molecule has 5 rings (SSSR count). The molecule has 11 atom stereocenters. The summed E-state index contributed by atoms with van der Waals surface area (Å²) < 4.78 is 5.86. The van der Waals surface area contributed by atoms with E-state index >= 15 is 0 Å². The van der Waals surface area contributed by atoms with Crippen molar-refractivity contribution in [2.45, 2.75) is 87.3 Å². The summed E-state index contributed by atoms with van der Waals surface area (Å²) >= 11 is 1.74. The number of hydrogen-bond donors (Lipinski definition) is 4. The van der Waals surface area contributed by atoms with Gasteiger partial charge in [0.2, 0.25) is 11.8 Å². The van der Waals surface area contributed by atoms with Crippen LogP contribution in [0.3, 0.4) is 0 Å². The molecule has 5 aliphatic rings. The molecule has 4 heterocycles. The van der Waals surface area contributed by atoms with Crippen molar-refractivity contribution in [3.63, 3.8) is 0 Å². The summed E-state index contributed by atoms with van der Waals surface area (Å²) in [6, 6.07) is 2.95. The Balaban J connectivity index is 1.17. The number of thioether (sulfide) groups is 1. The van der Waals surface area contributed by atoms with E-state index in [1.807, 2.05) is 4.90 Å². The second-order valence-electron chi connectivity index (χ2n) is 12.0. The minimum absolute atomic E-state index is 0.0502. The number of likely N-dealkylation sites (tertiary alicyclic amines) is 1. The summed E-state index contributed by atoms with van der Waals surface area (Å²) in [5.74, 6) is 1.01. The van der Waals surface area contributed by atoms with E-state index in [-0.39, 0.29) is 59.2 Å². The van der Waals surface area contributed by atoms with Crippen molar-refractivity contribution in [2.24, 2.45) is 29.6 Å². The second kappa shape index (κ2) is 11.8. The van der Waals surface area contributed by atoms with Crippen molar-refractivity contribution in [2.75, 3.05) is 33.3 Å². The predicted octanol–water partition coefficient (Wildman–Crippen LogP) is 1.26. The summed E-state index contributed by atoms with van der Waals surface area (Å²) in [7, 11) is 1.76. The van der Waals surface area contributed by atoms with Gasteiger partial charge in [0.15, 0.2) is 0 Å². The summed E-state index contributed by atoms with van der Waals surface area (Å²) in [4.78, 5) is 28.8. The Bertz CT molecular complexity index is 871. The maximum atomic E-state index is 13.6. The first-order valence-electron chi connectivity index (χ1n) is 14.3. The normalized spacial score (nSPS) is 44.2. The molecule has 1 saturated carbocycles. The summed E-state index contributed by atoms with van der Waals surface area (Å²) in [6.45, 7) is 7.35. The van der Waals surface area contributed by atoms with Crippen LogP contribution in [0, 0.1) is 40.9 Å². The topological polar surface area (TPSA) is 119 Å². The fourth-order valence-corrected chi connectivity index (χ4v) is 8.89. The van der Waals surface area contributed by atoms with Crippen molar-refractivity contribution < 1.29 is 14.3 Å². The van der Waals surface area contributed by atoms with Crippen LogP contribution in [0.25, 0.3) is 0 Å². The van der Waals surface area contributed by atoms with Crippen molar-refractivity contribution in [3.8, 4) is 6.07 Å². The third-order valence-electron chi connectivity index (χ3n) is 9.60. The van der Waals surface area contributed by atoms with Crippen LogP contribution < -0.4 is 21.3 Å². The van der Waals surface area contributed by atoms with E-state index in [1.54, 1.807) is 18.9 Å². The number of rotatable bonds is 5. The smallest absolute Gasteiger partial charge is 0.240 e. The first-order valence-corrected chi connectivity index (χ1v) is 15.2. The van der Waals surface area contributed by atoms with Gasteiger partial charge in [0, 0.05) is 50.0 Å². The lowest BCUT2D eigenvalue weighted by Gasteiger charge is -2.44. The summed E-state index contributed by atoms with van der Waals surface area (Å²) in [6.07, 6.45) is 5.85. The number of nitrogens with zero attached hydrogens (tertiary/aromatic N) is 2. The maximum Gasteiger partial charge on any atom is 0.240 e. The number of amides is 2. The molecule has 4 N–H and O–H groups in total. The highest BCUT2D eigenvalue weighted by Gasteiger charge is 2.47. The van der Waals surface area contributed by atoms with Crippen LogP contribution in [-0.4, -0.2) is 85.0 Å². The lowest BCUT2D eigenvalue weighted by molar-refractivity contribution is -0.134. The minimum Gasteiger partial charge on any atom is -0.381 e. The molecule has 9 nitrogen and oxygen atoms in total. The molecule has 0 spiro atoms. The van der Waals surface area contributed by atoms with Gasteiger partial charge >= 0.3 is 0 Å². The van der Waals surface area contributed by atoms with Crippen LogP contribution in [0.15, 0.2) is 0 Å². The van der Waals surface area contributed by atoms with E-state index in [2.05, 4.69) is 41.2 Å². The number of hydrogen-bond acceptors (Lipinski definition) is 8. The molecule has 206 valence electrons. The van der Waals surface area contributed by atoms with Gasteiger partial charge in [0.25, 0.3) is 0 Å². The molecule has 4 saturated heterocycles. The van der Waals surface area contributed by atoms with Crippen LogP contribution in [0.4, 0.5) is 0 Å². The average molecular weight is 533 g/mol. The van der Waals surface area contributed by atoms with Crippen molar-refractivity contribution in [1.29, 1.82) is 5.26 Å². The highest BCUT2D eigenvalue weighted by molar-refractivity contribution is 8.00. The van der Waals surface area contributed by atoms with E-state index in [0.29, 0.717) is 30.3 Å². The van der Waals surface area contributed by atoms with Gasteiger partial charge in [0.05, 0.1) is 24.1 Å². The van der Waals surface area contributed by atoms with Gasteiger partial charge < -0.3 is 25.6 Å². The minimum atomic E-state index is -0.143. The third kappa shape index (κ3) is 5.81. The number of fused-ring (bicyclic) bond motifs is 1. The predicted molar refractivity (Wildman–Crippen MR) is 143 cm³/mol. The standard InChI is InChI=1S/C27H44N6O3S/c1-15-5-4-8-29-24(15)26(35)33-13-21-23(14-33)37-27(31-21)32-25(34)20-12-30-16(2)9-18(20)19-10-17(11-28)6-7-22(19)36-3/h15-24,27,29-31H,4-10,12-14H2,1-3H3,(H,32,34). The lowest BCUT2D eigenvalue weighted by atomic mass is 9.66. The summed E-state index contributed by atoms with van der Waals surface area (Å²) in [5.41, 5.74) is -0.136. The van der Waals surface area contributed by atoms with Crippen LogP contribution >= 0.6 is 11.8 Å². The average Bonchev–Trinajstić information content (AvgIpc) is 3.47. The maximum absolute atomic E-state index is 13.6. The molecular weight excluding hydrogens is 488 g/mol. The van der Waals surface area contributed by atoms with E-state index < -0.39 is 0 Å². The number of piperidine rings is 2. The number of nitriles is 1. The molecule has 0 aromatic rings. The van der Waals surface area contributed by atoms with E-state index in [0.717, 1.165) is 51.6 Å². The number of carbonyl (C=O) groups is 2. The van der Waals surface area contributed by atoms with E-state index in [1.165, 1.54) is 0 Å². The van der Waals surface area contributed by atoms with Gasteiger partial charge in [-0.1, -0.05) is 6.92 Å². The Morgan fingerprint density at radius 2 is 1.95 bits per heavy atom. The summed E-state index contributed by atoms with van der Waals surface area (Å²) in [5, 5.41) is 23.7. The molecule has 2 amide bonds. The molecular formula is C27H44N6O3S. The molecule has 37 heavy (non-hydrogen) atoms. The van der Waals surface area contributed by atoms with Crippen molar-refractivity contribution >= 4 is 23.6 Å². The largest absolute Gasteiger partial charge is 0.381 e. The van der Waals surface area contributed by atoms with Crippen LogP contribution in [0.5, 0.6) is 0 Å². The Kier molecular flexibility index (Phi) is 8.66. The zero-order valence-electron chi connectivity index (χ0n) is 22.4. The van der Waals surface area contributed by atoms with E-state index in [4.69, 9.17) is 4.74 Å². The van der Waals surface area contributed by atoms with Crippen molar-refractivity contribution in [3.05, 3.63) is 0 Å².